The van der Waals surface area contributed by atoms with Gasteiger partial charge in [-0.3, -0.25) is 4.90 Å². The Morgan fingerprint density at radius 3 is 2.31 bits per heavy atom. The Kier molecular flexibility index (Phi) is 4.32. The summed E-state index contributed by atoms with van der Waals surface area (Å²) < 4.78 is 0.680. The number of aliphatic carboxylic acids is 1. The van der Waals surface area contributed by atoms with Gasteiger partial charge < -0.3 is 15.1 Å². The second-order valence-corrected chi connectivity index (χ2v) is 3.92. The van der Waals surface area contributed by atoms with Crippen molar-refractivity contribution in [1.29, 1.82) is 0 Å². The van der Waals surface area contributed by atoms with Crippen molar-refractivity contribution in [2.75, 3.05) is 46.8 Å². The third-order valence-electron chi connectivity index (χ3n) is 2.56. The van der Waals surface area contributed by atoms with Crippen LogP contribution < -0.4 is 0 Å². The minimum absolute atomic E-state index is 0. The third-order valence-corrected chi connectivity index (χ3v) is 2.56. The number of carboxylic acid groups (broad SMARTS) is 1. The van der Waals surface area contributed by atoms with Gasteiger partial charge in [0.1, 0.15) is 0 Å². The van der Waals surface area contributed by atoms with E-state index >= 15 is 0 Å². The molecule has 0 aromatic heterocycles. The Morgan fingerprint density at radius 1 is 1.46 bits per heavy atom. The number of hydrogen-bond donors (Lipinski definition) is 1. The predicted molar refractivity (Wildman–Crippen MR) is 47.9 cm³/mol. The highest BCUT2D eigenvalue weighted by atomic mass is 16.4. The summed E-state index contributed by atoms with van der Waals surface area (Å²) in [5, 5.41) is 8.67. The van der Waals surface area contributed by atoms with Gasteiger partial charge in [-0.2, -0.15) is 0 Å². The Morgan fingerprint density at radius 2 is 1.92 bits per heavy atom. The van der Waals surface area contributed by atoms with Crippen LogP contribution in [0.15, 0.2) is 0 Å². The highest BCUT2D eigenvalue weighted by Crippen LogP contribution is 2.07. The van der Waals surface area contributed by atoms with Gasteiger partial charge in [0.25, 0.3) is 0 Å². The van der Waals surface area contributed by atoms with Crippen LogP contribution in [0.25, 0.3) is 0 Å². The molecule has 0 aromatic carbocycles. The van der Waals surface area contributed by atoms with E-state index in [9.17, 15) is 4.79 Å². The highest BCUT2D eigenvalue weighted by Gasteiger charge is 2.29. The number of carbonyl (C=O) groups is 1. The zero-order chi connectivity index (χ0) is 9.19. The molecule has 0 unspecified atom stereocenters. The van der Waals surface area contributed by atoms with E-state index in [1.807, 2.05) is 7.05 Å². The van der Waals surface area contributed by atoms with Crippen LogP contribution in [-0.4, -0.2) is 72.8 Å². The van der Waals surface area contributed by atoms with Crippen molar-refractivity contribution in [2.24, 2.45) is 0 Å². The summed E-state index contributed by atoms with van der Waals surface area (Å²) in [6, 6.07) is 0. The van der Waals surface area contributed by atoms with Crippen molar-refractivity contribution in [3.05, 3.63) is 0 Å². The number of likely N-dealkylation sites (N-methyl/N-ethyl adjacent to an activating group) is 2. The lowest BCUT2D eigenvalue weighted by molar-refractivity contribution is -0.906. The van der Waals surface area contributed by atoms with Gasteiger partial charge in [0.2, 0.25) is 0 Å². The summed E-state index contributed by atoms with van der Waals surface area (Å²) in [6.45, 7) is 4.16. The first-order valence-corrected chi connectivity index (χ1v) is 4.26. The molecule has 1 aliphatic heterocycles. The van der Waals surface area contributed by atoms with Crippen molar-refractivity contribution in [2.45, 2.75) is 0 Å². The zero-order valence-electron chi connectivity index (χ0n) is 8.23. The SMILES string of the molecule is CN1CC[N+](C)(CC(=O)O)CC1.[OH-]. The average molecular weight is 190 g/mol. The van der Waals surface area contributed by atoms with Gasteiger partial charge in [-0.15, -0.1) is 0 Å². The second-order valence-electron chi connectivity index (χ2n) is 3.92. The van der Waals surface area contributed by atoms with Crippen LogP contribution in [-0.2, 0) is 4.79 Å². The molecule has 0 atom stereocenters. The maximum absolute atomic E-state index is 10.5. The van der Waals surface area contributed by atoms with E-state index in [4.69, 9.17) is 5.11 Å². The molecule has 78 valence electrons. The molecule has 1 rings (SSSR count). The van der Waals surface area contributed by atoms with Gasteiger partial charge in [-0.05, 0) is 7.05 Å². The van der Waals surface area contributed by atoms with Gasteiger partial charge in [0, 0.05) is 13.1 Å². The molecule has 0 bridgehead atoms. The number of rotatable bonds is 2. The molecule has 0 amide bonds. The average Bonchev–Trinajstić information content (AvgIpc) is 1.94. The summed E-state index contributed by atoms with van der Waals surface area (Å²) >= 11 is 0. The van der Waals surface area contributed by atoms with Crippen LogP contribution in [0.4, 0.5) is 0 Å². The number of piperazine rings is 1. The number of carboxylic acids is 1. The molecule has 1 aliphatic rings. The monoisotopic (exact) mass is 190 g/mol. The van der Waals surface area contributed by atoms with Crippen LogP contribution in [0.3, 0.4) is 0 Å². The third kappa shape index (κ3) is 3.71. The summed E-state index contributed by atoms with van der Waals surface area (Å²) in [4.78, 5) is 12.8. The fourth-order valence-electron chi connectivity index (χ4n) is 1.53. The van der Waals surface area contributed by atoms with Gasteiger partial charge in [0.15, 0.2) is 6.54 Å². The fraction of sp³-hybridized carbons (Fsp3) is 0.875. The molecule has 5 nitrogen and oxygen atoms in total. The first-order chi connectivity index (χ1) is 5.52. The first kappa shape index (κ1) is 12.3. The highest BCUT2D eigenvalue weighted by molar-refractivity contribution is 5.67. The minimum Gasteiger partial charge on any atom is -0.870 e. The molecule has 0 aromatic rings. The largest absolute Gasteiger partial charge is 0.870 e. The lowest BCUT2D eigenvalue weighted by Gasteiger charge is -2.39. The molecule has 0 radical (unpaired) electrons. The van der Waals surface area contributed by atoms with Crippen molar-refractivity contribution >= 4 is 5.97 Å². The summed E-state index contributed by atoms with van der Waals surface area (Å²) in [7, 11) is 4.09. The Labute approximate surface area is 78.5 Å². The van der Waals surface area contributed by atoms with Gasteiger partial charge in [-0.25, -0.2) is 4.79 Å². The lowest BCUT2D eigenvalue weighted by atomic mass is 10.3. The second kappa shape index (κ2) is 4.55. The van der Waals surface area contributed by atoms with E-state index < -0.39 is 5.97 Å². The summed E-state index contributed by atoms with van der Waals surface area (Å²) in [6.07, 6.45) is 0. The van der Waals surface area contributed by atoms with E-state index in [1.165, 1.54) is 0 Å². The maximum atomic E-state index is 10.5. The number of nitrogens with zero attached hydrogens (tertiary/aromatic N) is 2. The Balaban J connectivity index is 0.00000144. The van der Waals surface area contributed by atoms with E-state index in [2.05, 4.69) is 11.9 Å². The molecular weight excluding hydrogens is 172 g/mol. The lowest BCUT2D eigenvalue weighted by Crippen LogP contribution is -2.58. The molecule has 1 heterocycles. The van der Waals surface area contributed by atoms with Crippen molar-refractivity contribution in [3.63, 3.8) is 0 Å². The molecule has 13 heavy (non-hydrogen) atoms. The fourth-order valence-corrected chi connectivity index (χ4v) is 1.53. The van der Waals surface area contributed by atoms with Crippen molar-refractivity contribution in [1.82, 2.24) is 4.90 Å². The number of quaternary nitrogens is 1. The van der Waals surface area contributed by atoms with Gasteiger partial charge in [-0.1, -0.05) is 0 Å². The van der Waals surface area contributed by atoms with Crippen LogP contribution in [0, 0.1) is 0 Å². The van der Waals surface area contributed by atoms with Gasteiger partial charge in [0.05, 0.1) is 20.1 Å². The molecule has 0 spiro atoms. The zero-order valence-corrected chi connectivity index (χ0v) is 8.23. The van der Waals surface area contributed by atoms with E-state index in [1.54, 1.807) is 0 Å². The van der Waals surface area contributed by atoms with E-state index in [-0.39, 0.29) is 12.0 Å². The quantitative estimate of drug-likeness (QED) is 0.584. The van der Waals surface area contributed by atoms with Gasteiger partial charge >= 0.3 is 5.97 Å². The molecule has 1 fully saturated rings. The Bertz CT molecular complexity index is 176. The topological polar surface area (TPSA) is 70.5 Å². The van der Waals surface area contributed by atoms with Crippen molar-refractivity contribution < 1.29 is 19.9 Å². The van der Waals surface area contributed by atoms with E-state index in [0.717, 1.165) is 26.2 Å². The first-order valence-electron chi connectivity index (χ1n) is 4.26. The predicted octanol–water partition coefficient (Wildman–Crippen LogP) is -0.714. The minimum atomic E-state index is -0.693. The van der Waals surface area contributed by atoms with Crippen molar-refractivity contribution in [3.8, 4) is 0 Å². The molecular formula is C8H18N2O3. The molecule has 5 heteroatoms. The van der Waals surface area contributed by atoms with Crippen LogP contribution in [0.5, 0.6) is 0 Å². The molecule has 1 saturated heterocycles. The maximum Gasteiger partial charge on any atom is 0.359 e. The van der Waals surface area contributed by atoms with Crippen LogP contribution >= 0.6 is 0 Å². The van der Waals surface area contributed by atoms with Crippen LogP contribution in [0.2, 0.25) is 0 Å². The Hall–Kier alpha value is -0.650. The molecule has 0 aliphatic carbocycles. The van der Waals surface area contributed by atoms with E-state index in [0.29, 0.717) is 4.48 Å². The number of hydrogen-bond acceptors (Lipinski definition) is 3. The molecule has 0 saturated carbocycles. The molecule has 2 N–H and O–H groups in total. The normalized spacial score (nSPS) is 22.0. The smallest absolute Gasteiger partial charge is 0.359 e. The standard InChI is InChI=1S/C8H16N2O2.H2O/c1-9-3-5-10(2,6-4-9)7-8(11)12;/h3-7H2,1-2H3;1H2. The summed E-state index contributed by atoms with van der Waals surface area (Å²) in [5.74, 6) is -0.693. The van der Waals surface area contributed by atoms with Crippen LogP contribution in [0.1, 0.15) is 0 Å². The summed E-state index contributed by atoms with van der Waals surface area (Å²) in [5.41, 5.74) is 0.